The van der Waals surface area contributed by atoms with Crippen LogP contribution in [0.2, 0.25) is 0 Å². The maximum Gasteiger partial charge on any atom is 0.345 e. The van der Waals surface area contributed by atoms with Crippen molar-refractivity contribution < 1.29 is 14.3 Å². The van der Waals surface area contributed by atoms with Crippen molar-refractivity contribution >= 4 is 17.3 Å². The molecule has 0 aliphatic rings. The monoisotopic (exact) mass is 160 g/mol. The molecule has 0 atom stereocenters. The quantitative estimate of drug-likeness (QED) is 0.717. The molecule has 1 heterocycles. The Morgan fingerprint density at radius 1 is 1.70 bits per heavy atom. The van der Waals surface area contributed by atoms with Crippen molar-refractivity contribution in [3.05, 3.63) is 21.9 Å². The zero-order chi connectivity index (χ0) is 7.56. The predicted octanol–water partition coefficient (Wildman–Crippen LogP) is 1.92. The summed E-state index contributed by atoms with van der Waals surface area (Å²) in [4.78, 5) is 10.9. The van der Waals surface area contributed by atoms with Gasteiger partial charge in [-0.15, -0.1) is 11.3 Å². The minimum Gasteiger partial charge on any atom is -0.477 e. The maximum absolute atomic E-state index is 11.8. The van der Waals surface area contributed by atoms with E-state index in [0.29, 0.717) is 4.88 Å². The lowest BCUT2D eigenvalue weighted by atomic mass is 10.4. The van der Waals surface area contributed by atoms with E-state index in [1.807, 2.05) is 0 Å². The molecule has 0 aliphatic carbocycles. The lowest BCUT2D eigenvalue weighted by molar-refractivity contribution is 0.0702. The second-order valence-electron chi connectivity index (χ2n) is 1.70. The summed E-state index contributed by atoms with van der Waals surface area (Å²) in [6.07, 6.45) is 0. The highest BCUT2D eigenvalue weighted by Gasteiger charge is 2.05. The van der Waals surface area contributed by atoms with Crippen LogP contribution in [0, 0.1) is 0 Å². The molecule has 0 spiro atoms. The minimum atomic E-state index is -0.996. The standard InChI is InChI=1S/C6H5FO2S/c7-3-4-1-2-5(10-4)6(8)9/h1-2H,3H2,(H,8,9). The van der Waals surface area contributed by atoms with E-state index in [1.165, 1.54) is 12.1 Å². The van der Waals surface area contributed by atoms with E-state index in [1.54, 1.807) is 0 Å². The van der Waals surface area contributed by atoms with Gasteiger partial charge in [-0.25, -0.2) is 9.18 Å². The van der Waals surface area contributed by atoms with Crippen LogP contribution in [-0.2, 0) is 6.67 Å². The lowest BCUT2D eigenvalue weighted by Gasteiger charge is -1.82. The maximum atomic E-state index is 11.8. The molecule has 0 fully saturated rings. The minimum absolute atomic E-state index is 0.188. The van der Waals surface area contributed by atoms with E-state index in [0.717, 1.165) is 11.3 Å². The van der Waals surface area contributed by atoms with Crippen LogP contribution in [0.1, 0.15) is 14.5 Å². The summed E-state index contributed by atoms with van der Waals surface area (Å²) < 4.78 is 11.8. The van der Waals surface area contributed by atoms with Crippen LogP contribution < -0.4 is 0 Å². The Labute approximate surface area is 60.9 Å². The molecule has 0 amide bonds. The largest absolute Gasteiger partial charge is 0.477 e. The van der Waals surface area contributed by atoms with Gasteiger partial charge in [-0.3, -0.25) is 0 Å². The first-order valence-electron chi connectivity index (χ1n) is 2.62. The van der Waals surface area contributed by atoms with E-state index in [4.69, 9.17) is 5.11 Å². The molecule has 0 unspecified atom stereocenters. The Kier molecular flexibility index (Phi) is 2.01. The summed E-state index contributed by atoms with van der Waals surface area (Å²) in [6.45, 7) is -0.585. The van der Waals surface area contributed by atoms with Crippen LogP contribution in [0.25, 0.3) is 0 Å². The number of carbonyl (C=O) groups is 1. The van der Waals surface area contributed by atoms with Gasteiger partial charge in [0.1, 0.15) is 11.6 Å². The molecule has 0 saturated carbocycles. The molecular weight excluding hydrogens is 155 g/mol. The van der Waals surface area contributed by atoms with Crippen molar-refractivity contribution in [3.8, 4) is 0 Å². The fraction of sp³-hybridized carbons (Fsp3) is 0.167. The number of alkyl halides is 1. The SMILES string of the molecule is O=C(O)c1ccc(CF)s1. The van der Waals surface area contributed by atoms with Crippen molar-refractivity contribution in [2.45, 2.75) is 6.67 Å². The third kappa shape index (κ3) is 1.33. The molecule has 0 aromatic carbocycles. The first-order chi connectivity index (χ1) is 4.74. The van der Waals surface area contributed by atoms with Crippen molar-refractivity contribution in [2.24, 2.45) is 0 Å². The highest BCUT2D eigenvalue weighted by molar-refractivity contribution is 7.13. The molecule has 1 rings (SSSR count). The second kappa shape index (κ2) is 2.79. The van der Waals surface area contributed by atoms with Gasteiger partial charge in [0, 0.05) is 4.88 Å². The van der Waals surface area contributed by atoms with Crippen LogP contribution >= 0.6 is 11.3 Å². The zero-order valence-corrected chi connectivity index (χ0v) is 5.82. The third-order valence-electron chi connectivity index (χ3n) is 1.00. The summed E-state index contributed by atoms with van der Waals surface area (Å²) in [5.74, 6) is -0.996. The van der Waals surface area contributed by atoms with Crippen molar-refractivity contribution in [3.63, 3.8) is 0 Å². The van der Waals surface area contributed by atoms with Gasteiger partial charge in [0.25, 0.3) is 0 Å². The van der Waals surface area contributed by atoms with E-state index in [-0.39, 0.29) is 4.88 Å². The second-order valence-corrected chi connectivity index (χ2v) is 2.87. The van der Waals surface area contributed by atoms with Crippen molar-refractivity contribution in [1.29, 1.82) is 0 Å². The zero-order valence-electron chi connectivity index (χ0n) is 5.00. The summed E-state index contributed by atoms with van der Waals surface area (Å²) in [6, 6.07) is 2.88. The highest BCUT2D eigenvalue weighted by atomic mass is 32.1. The number of hydrogen-bond acceptors (Lipinski definition) is 2. The van der Waals surface area contributed by atoms with Crippen LogP contribution in [0.5, 0.6) is 0 Å². The van der Waals surface area contributed by atoms with Crippen LogP contribution in [0.3, 0.4) is 0 Å². The predicted molar refractivity (Wildman–Crippen MR) is 36.1 cm³/mol. The Hall–Kier alpha value is -0.900. The molecule has 0 radical (unpaired) electrons. The Morgan fingerprint density at radius 3 is 2.70 bits per heavy atom. The normalized spacial score (nSPS) is 9.70. The molecule has 0 bridgehead atoms. The van der Waals surface area contributed by atoms with Gasteiger partial charge in [-0.05, 0) is 12.1 Å². The average molecular weight is 160 g/mol. The summed E-state index contributed by atoms with van der Waals surface area (Å²) >= 11 is 0.966. The molecule has 0 saturated heterocycles. The molecule has 1 aromatic heterocycles. The molecule has 2 nitrogen and oxygen atoms in total. The third-order valence-corrected chi connectivity index (χ3v) is 2.04. The summed E-state index contributed by atoms with van der Waals surface area (Å²) in [5, 5.41) is 8.38. The van der Waals surface area contributed by atoms with Gasteiger partial charge in [0.05, 0.1) is 0 Å². The number of rotatable bonds is 2. The number of aromatic carboxylic acids is 1. The Balaban J connectivity index is 2.88. The molecule has 0 aliphatic heterocycles. The highest BCUT2D eigenvalue weighted by Crippen LogP contribution is 2.16. The van der Waals surface area contributed by atoms with Gasteiger partial charge in [0.15, 0.2) is 0 Å². The smallest absolute Gasteiger partial charge is 0.345 e. The van der Waals surface area contributed by atoms with Gasteiger partial charge in [-0.1, -0.05) is 0 Å². The topological polar surface area (TPSA) is 37.3 Å². The number of carboxylic acid groups (broad SMARTS) is 1. The molecule has 1 aromatic rings. The number of thiophene rings is 1. The van der Waals surface area contributed by atoms with E-state index < -0.39 is 12.6 Å². The number of hydrogen-bond donors (Lipinski definition) is 1. The van der Waals surface area contributed by atoms with Gasteiger partial charge >= 0.3 is 5.97 Å². The Morgan fingerprint density at radius 2 is 2.40 bits per heavy atom. The molecule has 54 valence electrons. The Bertz CT molecular complexity index is 244. The molecule has 4 heteroatoms. The van der Waals surface area contributed by atoms with E-state index >= 15 is 0 Å². The first-order valence-corrected chi connectivity index (χ1v) is 3.43. The van der Waals surface area contributed by atoms with Crippen LogP contribution in [0.4, 0.5) is 4.39 Å². The average Bonchev–Trinajstić information content (AvgIpc) is 2.34. The van der Waals surface area contributed by atoms with Gasteiger partial charge < -0.3 is 5.11 Å². The van der Waals surface area contributed by atoms with Crippen LogP contribution in [-0.4, -0.2) is 11.1 Å². The number of carboxylic acids is 1. The van der Waals surface area contributed by atoms with Gasteiger partial charge in [-0.2, -0.15) is 0 Å². The van der Waals surface area contributed by atoms with E-state index in [2.05, 4.69) is 0 Å². The first kappa shape index (κ1) is 7.21. The summed E-state index contributed by atoms with van der Waals surface area (Å²) in [5.41, 5.74) is 0. The van der Waals surface area contributed by atoms with Gasteiger partial charge in [0.2, 0.25) is 0 Å². The van der Waals surface area contributed by atoms with E-state index in [9.17, 15) is 9.18 Å². The van der Waals surface area contributed by atoms with Crippen molar-refractivity contribution in [1.82, 2.24) is 0 Å². The summed E-state index contributed by atoms with van der Waals surface area (Å²) in [7, 11) is 0. The fourth-order valence-electron chi connectivity index (χ4n) is 0.565. The van der Waals surface area contributed by atoms with Crippen molar-refractivity contribution in [2.75, 3.05) is 0 Å². The molecular formula is C6H5FO2S. The fourth-order valence-corrected chi connectivity index (χ4v) is 1.26. The van der Waals surface area contributed by atoms with Crippen LogP contribution in [0.15, 0.2) is 12.1 Å². The number of halogens is 1. The molecule has 1 N–H and O–H groups in total. The molecule has 10 heavy (non-hydrogen) atoms. The lowest BCUT2D eigenvalue weighted by Crippen LogP contribution is -1.89.